The lowest BCUT2D eigenvalue weighted by atomic mass is 10.1. The molecule has 0 saturated heterocycles. The maximum absolute atomic E-state index is 6.45. The van der Waals surface area contributed by atoms with Gasteiger partial charge in [-0.25, -0.2) is 0 Å². The molecule has 106 valence electrons. The molecule has 0 heterocycles. The molecule has 1 aromatic rings. The van der Waals surface area contributed by atoms with Crippen molar-refractivity contribution in [3.05, 3.63) is 28.8 Å². The third-order valence-electron chi connectivity index (χ3n) is 3.64. The molecule has 1 aromatic carbocycles. The molecule has 1 saturated carbocycles. The quantitative estimate of drug-likeness (QED) is 0.810. The zero-order valence-electron chi connectivity index (χ0n) is 12.2. The molecule has 0 atom stereocenters. The van der Waals surface area contributed by atoms with Crippen LogP contribution >= 0.6 is 11.6 Å². The van der Waals surface area contributed by atoms with E-state index in [4.69, 9.17) is 11.6 Å². The molecule has 1 N–H and O–H groups in total. The molecule has 1 aliphatic rings. The van der Waals surface area contributed by atoms with Crippen LogP contribution in [0.2, 0.25) is 5.02 Å². The Labute approximate surface area is 122 Å². The Morgan fingerprint density at radius 2 is 2.11 bits per heavy atom. The van der Waals surface area contributed by atoms with E-state index in [9.17, 15) is 0 Å². The van der Waals surface area contributed by atoms with E-state index in [-0.39, 0.29) is 0 Å². The minimum absolute atomic E-state index is 0.491. The fourth-order valence-corrected chi connectivity index (χ4v) is 2.68. The lowest BCUT2D eigenvalue weighted by Crippen LogP contribution is -2.29. The van der Waals surface area contributed by atoms with E-state index in [1.807, 2.05) is 12.1 Å². The molecule has 0 aliphatic heterocycles. The van der Waals surface area contributed by atoms with E-state index in [2.05, 4.69) is 37.1 Å². The van der Waals surface area contributed by atoms with Crippen molar-refractivity contribution >= 4 is 17.3 Å². The van der Waals surface area contributed by atoms with Crippen LogP contribution in [0.5, 0.6) is 0 Å². The summed E-state index contributed by atoms with van der Waals surface area (Å²) in [5.74, 6) is 0.877. The molecule has 1 fully saturated rings. The van der Waals surface area contributed by atoms with Crippen molar-refractivity contribution < 1.29 is 0 Å². The van der Waals surface area contributed by atoms with Crippen LogP contribution in [0, 0.1) is 5.92 Å². The summed E-state index contributed by atoms with van der Waals surface area (Å²) in [4.78, 5) is 2.44. The van der Waals surface area contributed by atoms with Crippen molar-refractivity contribution in [3.63, 3.8) is 0 Å². The van der Waals surface area contributed by atoms with Gasteiger partial charge in [-0.3, -0.25) is 0 Å². The fraction of sp³-hybridized carbons (Fsp3) is 0.625. The number of halogens is 1. The van der Waals surface area contributed by atoms with Crippen molar-refractivity contribution in [1.29, 1.82) is 0 Å². The number of para-hydroxylation sites is 1. The molecule has 0 amide bonds. The summed E-state index contributed by atoms with van der Waals surface area (Å²) in [5, 5.41) is 4.37. The summed E-state index contributed by atoms with van der Waals surface area (Å²) in [6.45, 7) is 9.61. The number of anilines is 1. The van der Waals surface area contributed by atoms with Crippen molar-refractivity contribution in [2.24, 2.45) is 5.92 Å². The van der Waals surface area contributed by atoms with Gasteiger partial charge < -0.3 is 10.2 Å². The molecule has 2 rings (SSSR count). The van der Waals surface area contributed by atoms with Crippen LogP contribution in [0.4, 0.5) is 5.69 Å². The second-order valence-electron chi connectivity index (χ2n) is 5.77. The van der Waals surface area contributed by atoms with E-state index >= 15 is 0 Å². The van der Waals surface area contributed by atoms with Gasteiger partial charge in [0.05, 0.1) is 10.7 Å². The standard InChI is InChI=1S/C16H25ClN2/c1-4-19(11-13-8-9-13)16-14(10-18-12(2)3)6-5-7-15(16)17/h5-7,12-13,18H,4,8-11H2,1-3H3. The Morgan fingerprint density at radius 3 is 2.68 bits per heavy atom. The summed E-state index contributed by atoms with van der Waals surface area (Å²) in [5.41, 5.74) is 2.54. The Hall–Kier alpha value is -0.730. The van der Waals surface area contributed by atoms with Crippen LogP contribution in [-0.2, 0) is 6.54 Å². The molecule has 0 spiro atoms. The molecule has 19 heavy (non-hydrogen) atoms. The maximum atomic E-state index is 6.45. The first-order valence-electron chi connectivity index (χ1n) is 7.37. The number of nitrogens with zero attached hydrogens (tertiary/aromatic N) is 1. The first kappa shape index (κ1) is 14.7. The van der Waals surface area contributed by atoms with Gasteiger partial charge in [0.25, 0.3) is 0 Å². The molecular weight excluding hydrogens is 256 g/mol. The first-order chi connectivity index (χ1) is 9.11. The number of benzene rings is 1. The van der Waals surface area contributed by atoms with Gasteiger partial charge in [-0.15, -0.1) is 0 Å². The summed E-state index contributed by atoms with van der Waals surface area (Å²) in [6, 6.07) is 6.73. The van der Waals surface area contributed by atoms with E-state index in [0.717, 1.165) is 30.6 Å². The monoisotopic (exact) mass is 280 g/mol. The van der Waals surface area contributed by atoms with Gasteiger partial charge in [0.15, 0.2) is 0 Å². The van der Waals surface area contributed by atoms with Crippen LogP contribution < -0.4 is 10.2 Å². The predicted molar refractivity (Wildman–Crippen MR) is 84.0 cm³/mol. The summed E-state index contributed by atoms with van der Waals surface area (Å²) in [6.07, 6.45) is 2.75. The van der Waals surface area contributed by atoms with Gasteiger partial charge in [0.2, 0.25) is 0 Å². The lowest BCUT2D eigenvalue weighted by Gasteiger charge is -2.27. The lowest BCUT2D eigenvalue weighted by molar-refractivity contribution is 0.587. The van der Waals surface area contributed by atoms with Gasteiger partial charge in [0, 0.05) is 25.7 Å². The molecular formula is C16H25ClN2. The fourth-order valence-electron chi connectivity index (χ4n) is 2.36. The highest BCUT2D eigenvalue weighted by Crippen LogP contribution is 2.35. The molecule has 0 aromatic heterocycles. The predicted octanol–water partition coefficient (Wildman–Crippen LogP) is 4.07. The van der Waals surface area contributed by atoms with Crippen LogP contribution in [-0.4, -0.2) is 19.1 Å². The second-order valence-corrected chi connectivity index (χ2v) is 6.17. The molecule has 0 bridgehead atoms. The minimum Gasteiger partial charge on any atom is -0.370 e. The molecule has 0 radical (unpaired) electrons. The largest absolute Gasteiger partial charge is 0.370 e. The van der Waals surface area contributed by atoms with Crippen LogP contribution in [0.25, 0.3) is 0 Å². The molecule has 0 unspecified atom stereocenters. The Bertz CT molecular complexity index is 413. The van der Waals surface area contributed by atoms with Gasteiger partial charge in [-0.1, -0.05) is 37.6 Å². The first-order valence-corrected chi connectivity index (χ1v) is 7.75. The Kier molecular flexibility index (Phi) is 5.12. The van der Waals surface area contributed by atoms with E-state index in [0.29, 0.717) is 6.04 Å². The normalized spacial score (nSPS) is 15.0. The highest BCUT2D eigenvalue weighted by atomic mass is 35.5. The number of nitrogens with one attached hydrogen (secondary N) is 1. The molecule has 2 nitrogen and oxygen atoms in total. The minimum atomic E-state index is 0.491. The van der Waals surface area contributed by atoms with Crippen LogP contribution in [0.1, 0.15) is 39.2 Å². The summed E-state index contributed by atoms with van der Waals surface area (Å²) in [7, 11) is 0. The summed E-state index contributed by atoms with van der Waals surface area (Å²) < 4.78 is 0. The molecule has 3 heteroatoms. The van der Waals surface area contributed by atoms with E-state index in [1.165, 1.54) is 24.1 Å². The topological polar surface area (TPSA) is 15.3 Å². The average molecular weight is 281 g/mol. The van der Waals surface area contributed by atoms with Crippen molar-refractivity contribution in [2.45, 2.75) is 46.2 Å². The van der Waals surface area contributed by atoms with Gasteiger partial charge in [-0.05, 0) is 37.3 Å². The van der Waals surface area contributed by atoms with E-state index < -0.39 is 0 Å². The number of rotatable bonds is 7. The third-order valence-corrected chi connectivity index (χ3v) is 3.95. The second kappa shape index (κ2) is 6.62. The zero-order valence-corrected chi connectivity index (χ0v) is 13.0. The Balaban J connectivity index is 2.19. The smallest absolute Gasteiger partial charge is 0.0642 e. The highest BCUT2D eigenvalue weighted by molar-refractivity contribution is 6.33. The maximum Gasteiger partial charge on any atom is 0.0642 e. The average Bonchev–Trinajstić information content (AvgIpc) is 3.18. The van der Waals surface area contributed by atoms with Crippen LogP contribution in [0.15, 0.2) is 18.2 Å². The number of hydrogen-bond acceptors (Lipinski definition) is 2. The third kappa shape index (κ3) is 4.12. The molecule has 1 aliphatic carbocycles. The number of hydrogen-bond donors (Lipinski definition) is 1. The van der Waals surface area contributed by atoms with Gasteiger partial charge in [-0.2, -0.15) is 0 Å². The zero-order chi connectivity index (χ0) is 13.8. The van der Waals surface area contributed by atoms with Crippen molar-refractivity contribution in [3.8, 4) is 0 Å². The Morgan fingerprint density at radius 1 is 1.37 bits per heavy atom. The van der Waals surface area contributed by atoms with Gasteiger partial charge in [0.1, 0.15) is 0 Å². The van der Waals surface area contributed by atoms with Crippen LogP contribution in [0.3, 0.4) is 0 Å². The summed E-state index contributed by atoms with van der Waals surface area (Å²) >= 11 is 6.45. The van der Waals surface area contributed by atoms with Gasteiger partial charge >= 0.3 is 0 Å². The van der Waals surface area contributed by atoms with E-state index in [1.54, 1.807) is 0 Å². The highest BCUT2D eigenvalue weighted by Gasteiger charge is 2.25. The van der Waals surface area contributed by atoms with Crippen molar-refractivity contribution in [1.82, 2.24) is 5.32 Å². The SMILES string of the molecule is CCN(CC1CC1)c1c(Cl)cccc1CNC(C)C. The van der Waals surface area contributed by atoms with Crippen molar-refractivity contribution in [2.75, 3.05) is 18.0 Å².